The van der Waals surface area contributed by atoms with Gasteiger partial charge in [0.15, 0.2) is 0 Å². The lowest BCUT2D eigenvalue weighted by Gasteiger charge is -2.37. The third-order valence-corrected chi connectivity index (χ3v) is 5.66. The van der Waals surface area contributed by atoms with Gasteiger partial charge in [-0.2, -0.15) is 5.10 Å². The molecule has 2 aliphatic heterocycles. The average Bonchev–Trinajstić information content (AvgIpc) is 3.03. The molecular weight excluding hydrogens is 328 g/mol. The van der Waals surface area contributed by atoms with Crippen molar-refractivity contribution in [2.45, 2.75) is 57.3 Å². The van der Waals surface area contributed by atoms with Gasteiger partial charge < -0.3 is 10.4 Å². The zero-order chi connectivity index (χ0) is 18.3. The second-order valence-electron chi connectivity index (χ2n) is 7.63. The van der Waals surface area contributed by atoms with Crippen LogP contribution < -0.4 is 5.32 Å². The minimum Gasteiger partial charge on any atom is -0.393 e. The van der Waals surface area contributed by atoms with E-state index in [9.17, 15) is 9.90 Å². The number of aryl methyl sites for hydroxylation is 2. The van der Waals surface area contributed by atoms with Gasteiger partial charge in [0.05, 0.1) is 11.8 Å². The van der Waals surface area contributed by atoms with E-state index in [4.69, 9.17) is 0 Å². The highest BCUT2D eigenvalue weighted by atomic mass is 16.3. The van der Waals surface area contributed by atoms with Gasteiger partial charge >= 0.3 is 0 Å². The second kappa shape index (κ2) is 6.85. The van der Waals surface area contributed by atoms with Gasteiger partial charge in [-0.05, 0) is 50.3 Å². The summed E-state index contributed by atoms with van der Waals surface area (Å²) in [5.41, 5.74) is 2.68. The molecule has 3 heterocycles. The average molecular weight is 354 g/mol. The van der Waals surface area contributed by atoms with Crippen molar-refractivity contribution in [2.24, 2.45) is 7.05 Å². The molecule has 6 nitrogen and oxygen atoms in total. The van der Waals surface area contributed by atoms with Crippen LogP contribution in [0.25, 0.3) is 0 Å². The van der Waals surface area contributed by atoms with E-state index >= 15 is 0 Å². The summed E-state index contributed by atoms with van der Waals surface area (Å²) in [6.45, 7) is 2.74. The molecule has 0 spiro atoms. The Morgan fingerprint density at radius 1 is 1.27 bits per heavy atom. The predicted molar refractivity (Wildman–Crippen MR) is 99.9 cm³/mol. The Morgan fingerprint density at radius 2 is 2.00 bits per heavy atom. The van der Waals surface area contributed by atoms with E-state index in [1.807, 2.05) is 38.2 Å². The number of nitrogens with zero attached hydrogens (tertiary/aromatic N) is 3. The fraction of sp³-hybridized carbons (Fsp3) is 0.500. The number of carbonyl (C=O) groups is 1. The van der Waals surface area contributed by atoms with Crippen LogP contribution in [0.1, 0.15) is 47.3 Å². The maximum atomic E-state index is 12.6. The van der Waals surface area contributed by atoms with Gasteiger partial charge in [-0.1, -0.05) is 12.1 Å². The first-order valence-corrected chi connectivity index (χ1v) is 9.34. The molecule has 4 rings (SSSR count). The highest BCUT2D eigenvalue weighted by Crippen LogP contribution is 2.36. The van der Waals surface area contributed by atoms with E-state index in [1.165, 1.54) is 12.8 Å². The van der Waals surface area contributed by atoms with E-state index in [0.717, 1.165) is 30.6 Å². The summed E-state index contributed by atoms with van der Waals surface area (Å²) in [6, 6.07) is 10.6. The molecule has 2 N–H and O–H groups in total. The molecule has 3 atom stereocenters. The number of nitrogens with one attached hydrogen (secondary N) is 1. The molecule has 0 radical (unpaired) electrons. The number of amides is 1. The van der Waals surface area contributed by atoms with Crippen LogP contribution in [0.4, 0.5) is 5.82 Å². The summed E-state index contributed by atoms with van der Waals surface area (Å²) in [5, 5.41) is 17.2. The van der Waals surface area contributed by atoms with E-state index in [0.29, 0.717) is 23.5 Å². The number of piperidine rings is 1. The van der Waals surface area contributed by atoms with Gasteiger partial charge in [-0.25, -0.2) is 0 Å². The molecule has 2 fully saturated rings. The number of aliphatic hydroxyl groups is 1. The lowest BCUT2D eigenvalue weighted by atomic mass is 9.98. The summed E-state index contributed by atoms with van der Waals surface area (Å²) >= 11 is 0. The Bertz CT molecular complexity index is 802. The summed E-state index contributed by atoms with van der Waals surface area (Å²) < 4.78 is 1.67. The Labute approximate surface area is 153 Å². The quantitative estimate of drug-likeness (QED) is 0.885. The number of aromatic nitrogens is 2. The Kier molecular flexibility index (Phi) is 4.54. The van der Waals surface area contributed by atoms with Gasteiger partial charge in [-0.3, -0.25) is 14.4 Å². The van der Waals surface area contributed by atoms with Gasteiger partial charge in [-0.15, -0.1) is 0 Å². The minimum atomic E-state index is -0.150. The molecule has 1 unspecified atom stereocenters. The number of carbonyl (C=O) groups excluding carboxylic acids is 1. The summed E-state index contributed by atoms with van der Waals surface area (Å²) in [4.78, 5) is 15.1. The van der Waals surface area contributed by atoms with Crippen molar-refractivity contribution >= 4 is 11.7 Å². The van der Waals surface area contributed by atoms with Crippen LogP contribution in [0.3, 0.4) is 0 Å². The SMILES string of the molecule is Cc1cc(NC(=O)c2cccc(CN3[C@@H]4CC[C@H]3CC(O)C4)c2)n(C)n1. The van der Waals surface area contributed by atoms with Crippen molar-refractivity contribution in [1.29, 1.82) is 0 Å². The molecule has 1 aromatic carbocycles. The van der Waals surface area contributed by atoms with Gasteiger partial charge in [0, 0.05) is 37.3 Å². The number of benzene rings is 1. The lowest BCUT2D eigenvalue weighted by Crippen LogP contribution is -2.44. The number of hydrogen-bond donors (Lipinski definition) is 2. The fourth-order valence-electron chi connectivity index (χ4n) is 4.44. The van der Waals surface area contributed by atoms with Crippen LogP contribution in [-0.4, -0.2) is 43.9 Å². The molecule has 0 saturated carbocycles. The summed E-state index contributed by atoms with van der Waals surface area (Å²) in [7, 11) is 1.82. The molecule has 0 aliphatic carbocycles. The maximum absolute atomic E-state index is 12.6. The van der Waals surface area contributed by atoms with Gasteiger partial charge in [0.25, 0.3) is 5.91 Å². The first-order valence-electron chi connectivity index (χ1n) is 9.34. The molecule has 138 valence electrons. The lowest BCUT2D eigenvalue weighted by molar-refractivity contribution is 0.0310. The first kappa shape index (κ1) is 17.2. The van der Waals surface area contributed by atoms with E-state index in [1.54, 1.807) is 4.68 Å². The highest BCUT2D eigenvalue weighted by Gasteiger charge is 2.39. The van der Waals surface area contributed by atoms with E-state index < -0.39 is 0 Å². The molecule has 2 aromatic rings. The molecule has 26 heavy (non-hydrogen) atoms. The predicted octanol–water partition coefficient (Wildman–Crippen LogP) is 2.47. The molecule has 2 aliphatic rings. The third-order valence-electron chi connectivity index (χ3n) is 5.66. The molecule has 1 aromatic heterocycles. The Hall–Kier alpha value is -2.18. The standard InChI is InChI=1S/C20H26N4O2/c1-13-8-19(23(2)22-13)21-20(26)15-5-3-4-14(9-15)12-24-16-6-7-17(24)11-18(25)10-16/h3-5,8-9,16-18,25H,6-7,10-12H2,1-2H3,(H,21,26)/t16-,17+,18?. The molecule has 2 saturated heterocycles. The summed E-state index contributed by atoms with van der Waals surface area (Å²) in [5.74, 6) is 0.577. The number of fused-ring (bicyclic) bond motifs is 2. The fourth-order valence-corrected chi connectivity index (χ4v) is 4.44. The van der Waals surface area contributed by atoms with Crippen molar-refractivity contribution in [3.05, 3.63) is 47.2 Å². The summed E-state index contributed by atoms with van der Waals surface area (Å²) in [6.07, 6.45) is 3.93. The number of anilines is 1. The zero-order valence-electron chi connectivity index (χ0n) is 15.4. The number of hydrogen-bond acceptors (Lipinski definition) is 4. The number of aliphatic hydroxyl groups excluding tert-OH is 1. The van der Waals surface area contributed by atoms with Crippen LogP contribution in [0, 0.1) is 6.92 Å². The van der Waals surface area contributed by atoms with Crippen molar-refractivity contribution in [2.75, 3.05) is 5.32 Å². The topological polar surface area (TPSA) is 70.4 Å². The van der Waals surface area contributed by atoms with Crippen molar-refractivity contribution in [1.82, 2.24) is 14.7 Å². The van der Waals surface area contributed by atoms with Crippen LogP contribution in [0.15, 0.2) is 30.3 Å². The molecule has 6 heteroatoms. The van der Waals surface area contributed by atoms with Crippen LogP contribution in [-0.2, 0) is 13.6 Å². The third kappa shape index (κ3) is 3.39. The second-order valence-corrected chi connectivity index (χ2v) is 7.63. The molecule has 2 bridgehead atoms. The van der Waals surface area contributed by atoms with Crippen molar-refractivity contribution in [3.63, 3.8) is 0 Å². The minimum absolute atomic E-state index is 0.119. The van der Waals surface area contributed by atoms with Crippen molar-refractivity contribution < 1.29 is 9.90 Å². The smallest absolute Gasteiger partial charge is 0.256 e. The number of rotatable bonds is 4. The largest absolute Gasteiger partial charge is 0.393 e. The van der Waals surface area contributed by atoms with Gasteiger partial charge in [0.1, 0.15) is 5.82 Å². The highest BCUT2D eigenvalue weighted by molar-refractivity contribution is 6.03. The Morgan fingerprint density at radius 3 is 2.65 bits per heavy atom. The monoisotopic (exact) mass is 354 g/mol. The first-order chi connectivity index (χ1) is 12.5. The van der Waals surface area contributed by atoms with E-state index in [2.05, 4.69) is 21.4 Å². The van der Waals surface area contributed by atoms with Crippen molar-refractivity contribution in [3.8, 4) is 0 Å². The van der Waals surface area contributed by atoms with Crippen LogP contribution >= 0.6 is 0 Å². The zero-order valence-corrected chi connectivity index (χ0v) is 15.4. The van der Waals surface area contributed by atoms with E-state index in [-0.39, 0.29) is 12.0 Å². The molecular formula is C20H26N4O2. The normalized spacial score (nSPS) is 25.4. The molecule has 1 amide bonds. The maximum Gasteiger partial charge on any atom is 0.256 e. The van der Waals surface area contributed by atoms with Gasteiger partial charge in [0.2, 0.25) is 0 Å². The van der Waals surface area contributed by atoms with Crippen LogP contribution in [0.2, 0.25) is 0 Å². The Balaban J connectivity index is 1.47. The van der Waals surface area contributed by atoms with Crippen LogP contribution in [0.5, 0.6) is 0 Å².